The summed E-state index contributed by atoms with van der Waals surface area (Å²) in [6.07, 6.45) is 3.27. The van der Waals surface area contributed by atoms with Gasteiger partial charge >= 0.3 is 0 Å². The van der Waals surface area contributed by atoms with E-state index in [4.69, 9.17) is 4.42 Å². The predicted octanol–water partition coefficient (Wildman–Crippen LogP) is 2.53. The first-order chi connectivity index (χ1) is 8.83. The molecule has 2 rings (SSSR count). The maximum atomic E-state index is 5.36. The van der Waals surface area contributed by atoms with E-state index < -0.39 is 0 Å². The van der Waals surface area contributed by atoms with Gasteiger partial charge in [0.15, 0.2) is 0 Å². The van der Waals surface area contributed by atoms with Crippen LogP contribution in [0.2, 0.25) is 0 Å². The average molecular weight is 246 g/mol. The third kappa shape index (κ3) is 3.00. The van der Waals surface area contributed by atoms with Gasteiger partial charge in [-0.05, 0) is 26.0 Å². The lowest BCUT2D eigenvalue weighted by Crippen LogP contribution is -2.23. The van der Waals surface area contributed by atoms with Crippen LogP contribution in [-0.4, -0.2) is 23.1 Å². The zero-order valence-corrected chi connectivity index (χ0v) is 10.8. The number of anilines is 2. The van der Waals surface area contributed by atoms with Crippen molar-refractivity contribution in [3.05, 3.63) is 36.5 Å². The Bertz CT molecular complexity index is 470. The van der Waals surface area contributed by atoms with Gasteiger partial charge in [-0.3, -0.25) is 0 Å². The number of hydrogen-bond donors (Lipinski definition) is 1. The van der Waals surface area contributed by atoms with Gasteiger partial charge in [0.05, 0.1) is 12.8 Å². The largest absolute Gasteiger partial charge is 0.467 e. The molecule has 0 aliphatic carbocycles. The summed E-state index contributed by atoms with van der Waals surface area (Å²) in [5.41, 5.74) is 0. The summed E-state index contributed by atoms with van der Waals surface area (Å²) >= 11 is 0. The van der Waals surface area contributed by atoms with Crippen LogP contribution in [0.1, 0.15) is 19.6 Å². The van der Waals surface area contributed by atoms with Gasteiger partial charge in [-0.1, -0.05) is 0 Å². The Morgan fingerprint density at radius 2 is 2.22 bits per heavy atom. The Kier molecular flexibility index (Phi) is 4.17. The quantitative estimate of drug-likeness (QED) is 0.848. The van der Waals surface area contributed by atoms with Crippen molar-refractivity contribution in [2.24, 2.45) is 0 Å². The van der Waals surface area contributed by atoms with E-state index in [0.29, 0.717) is 6.54 Å². The summed E-state index contributed by atoms with van der Waals surface area (Å²) in [7, 11) is 0. The molecule has 18 heavy (non-hydrogen) atoms. The molecule has 96 valence electrons. The lowest BCUT2D eigenvalue weighted by atomic mass is 10.3. The second-order valence-corrected chi connectivity index (χ2v) is 3.89. The van der Waals surface area contributed by atoms with Crippen LogP contribution < -0.4 is 10.2 Å². The molecule has 0 atom stereocenters. The van der Waals surface area contributed by atoms with E-state index in [9.17, 15) is 0 Å². The molecule has 0 aliphatic heterocycles. The average Bonchev–Trinajstić information content (AvgIpc) is 2.89. The molecule has 0 aliphatic rings. The fraction of sp³-hybridized carbons (Fsp3) is 0.385. The number of aromatic nitrogens is 2. The van der Waals surface area contributed by atoms with Crippen LogP contribution in [-0.2, 0) is 6.54 Å². The predicted molar refractivity (Wildman–Crippen MR) is 71.6 cm³/mol. The van der Waals surface area contributed by atoms with Crippen molar-refractivity contribution in [1.29, 1.82) is 0 Å². The van der Waals surface area contributed by atoms with E-state index in [1.54, 1.807) is 12.6 Å². The topological polar surface area (TPSA) is 54.2 Å². The van der Waals surface area contributed by atoms with E-state index in [0.717, 1.165) is 30.5 Å². The Labute approximate surface area is 107 Å². The van der Waals surface area contributed by atoms with Gasteiger partial charge in [0, 0.05) is 19.2 Å². The van der Waals surface area contributed by atoms with Crippen LogP contribution in [0.15, 0.2) is 35.2 Å². The van der Waals surface area contributed by atoms with Crippen molar-refractivity contribution < 1.29 is 4.42 Å². The molecule has 0 aromatic carbocycles. The zero-order chi connectivity index (χ0) is 12.8. The monoisotopic (exact) mass is 246 g/mol. The van der Waals surface area contributed by atoms with Gasteiger partial charge in [-0.25, -0.2) is 9.97 Å². The molecule has 0 unspecified atom stereocenters. The highest BCUT2D eigenvalue weighted by molar-refractivity contribution is 5.48. The first-order valence-electron chi connectivity index (χ1n) is 6.16. The smallest absolute Gasteiger partial charge is 0.134 e. The third-order valence-electron chi connectivity index (χ3n) is 2.64. The maximum absolute atomic E-state index is 5.36. The minimum atomic E-state index is 0.714. The van der Waals surface area contributed by atoms with E-state index in [1.807, 2.05) is 25.1 Å². The second kappa shape index (κ2) is 6.05. The first kappa shape index (κ1) is 12.4. The standard InChI is InChI=1S/C13H18N4O/c1-3-14-12-8-13(16-10-15-12)17(4-2)9-11-6-5-7-18-11/h5-8,10H,3-4,9H2,1-2H3,(H,14,15,16). The number of furan rings is 1. The van der Waals surface area contributed by atoms with Gasteiger partial charge in [0.25, 0.3) is 0 Å². The molecule has 0 radical (unpaired) electrons. The summed E-state index contributed by atoms with van der Waals surface area (Å²) in [5.74, 6) is 2.68. The summed E-state index contributed by atoms with van der Waals surface area (Å²) in [4.78, 5) is 10.6. The summed E-state index contributed by atoms with van der Waals surface area (Å²) in [6.45, 7) is 6.57. The molecule has 1 N–H and O–H groups in total. The summed E-state index contributed by atoms with van der Waals surface area (Å²) in [6, 6.07) is 5.82. The Hall–Kier alpha value is -2.04. The van der Waals surface area contributed by atoms with Crippen LogP contribution in [0.25, 0.3) is 0 Å². The van der Waals surface area contributed by atoms with Gasteiger partial charge in [0.2, 0.25) is 0 Å². The zero-order valence-electron chi connectivity index (χ0n) is 10.8. The van der Waals surface area contributed by atoms with E-state index >= 15 is 0 Å². The molecular formula is C13H18N4O. The third-order valence-corrected chi connectivity index (χ3v) is 2.64. The summed E-state index contributed by atoms with van der Waals surface area (Å²) < 4.78 is 5.36. The highest BCUT2D eigenvalue weighted by atomic mass is 16.3. The normalized spacial score (nSPS) is 10.3. The van der Waals surface area contributed by atoms with Crippen LogP contribution in [0.5, 0.6) is 0 Å². The van der Waals surface area contributed by atoms with Gasteiger partial charge in [-0.15, -0.1) is 0 Å². The lowest BCUT2D eigenvalue weighted by Gasteiger charge is -2.20. The molecule has 2 aromatic heterocycles. The van der Waals surface area contributed by atoms with Crippen molar-refractivity contribution in [3.8, 4) is 0 Å². The molecule has 5 nitrogen and oxygen atoms in total. The minimum absolute atomic E-state index is 0.714. The highest BCUT2D eigenvalue weighted by Crippen LogP contribution is 2.16. The van der Waals surface area contributed by atoms with Crippen molar-refractivity contribution >= 4 is 11.6 Å². The second-order valence-electron chi connectivity index (χ2n) is 3.89. The fourth-order valence-corrected chi connectivity index (χ4v) is 1.74. The molecule has 5 heteroatoms. The lowest BCUT2D eigenvalue weighted by molar-refractivity contribution is 0.503. The van der Waals surface area contributed by atoms with Gasteiger partial charge in [-0.2, -0.15) is 0 Å². The summed E-state index contributed by atoms with van der Waals surface area (Å²) in [5, 5.41) is 3.18. The van der Waals surface area contributed by atoms with E-state index in [-0.39, 0.29) is 0 Å². The maximum Gasteiger partial charge on any atom is 0.134 e. The van der Waals surface area contributed by atoms with Gasteiger partial charge < -0.3 is 14.6 Å². The van der Waals surface area contributed by atoms with Crippen LogP contribution in [0.4, 0.5) is 11.6 Å². The molecule has 0 bridgehead atoms. The van der Waals surface area contributed by atoms with Crippen molar-refractivity contribution in [2.45, 2.75) is 20.4 Å². The number of hydrogen-bond acceptors (Lipinski definition) is 5. The number of nitrogens with one attached hydrogen (secondary N) is 1. The molecule has 2 heterocycles. The van der Waals surface area contributed by atoms with E-state index in [2.05, 4.69) is 27.1 Å². The van der Waals surface area contributed by atoms with E-state index in [1.165, 1.54) is 0 Å². The van der Waals surface area contributed by atoms with Crippen molar-refractivity contribution in [2.75, 3.05) is 23.3 Å². The van der Waals surface area contributed by atoms with Crippen LogP contribution >= 0.6 is 0 Å². The SMILES string of the molecule is CCNc1cc(N(CC)Cc2ccco2)ncn1. The molecule has 0 fully saturated rings. The molecule has 0 amide bonds. The minimum Gasteiger partial charge on any atom is -0.467 e. The number of rotatable bonds is 6. The molecule has 0 saturated heterocycles. The molecule has 0 spiro atoms. The van der Waals surface area contributed by atoms with Crippen LogP contribution in [0, 0.1) is 0 Å². The molecular weight excluding hydrogens is 228 g/mol. The Morgan fingerprint density at radius 1 is 1.33 bits per heavy atom. The van der Waals surface area contributed by atoms with Crippen molar-refractivity contribution in [1.82, 2.24) is 9.97 Å². The Morgan fingerprint density at radius 3 is 2.89 bits per heavy atom. The first-order valence-corrected chi connectivity index (χ1v) is 6.16. The molecule has 2 aromatic rings. The number of nitrogens with zero attached hydrogens (tertiary/aromatic N) is 3. The van der Waals surface area contributed by atoms with Gasteiger partial charge in [0.1, 0.15) is 23.7 Å². The fourth-order valence-electron chi connectivity index (χ4n) is 1.74. The Balaban J connectivity index is 2.13. The van der Waals surface area contributed by atoms with Crippen molar-refractivity contribution in [3.63, 3.8) is 0 Å². The van der Waals surface area contributed by atoms with Crippen LogP contribution in [0.3, 0.4) is 0 Å². The highest BCUT2D eigenvalue weighted by Gasteiger charge is 2.09. The molecule has 0 saturated carbocycles.